The summed E-state index contributed by atoms with van der Waals surface area (Å²) in [7, 11) is 0. The van der Waals surface area contributed by atoms with Gasteiger partial charge in [0.15, 0.2) is 11.4 Å². The summed E-state index contributed by atoms with van der Waals surface area (Å²) < 4.78 is 5.47. The van der Waals surface area contributed by atoms with Crippen molar-refractivity contribution in [2.24, 2.45) is 35.3 Å². The number of carbonyl (C=O) groups excluding carboxylic acids is 4. The Bertz CT molecular complexity index is 1630. The summed E-state index contributed by atoms with van der Waals surface area (Å²) in [5, 5.41) is 45.1. The topological polar surface area (TPSA) is 184 Å². The highest BCUT2D eigenvalue weighted by Crippen LogP contribution is 2.55. The lowest BCUT2D eigenvalue weighted by Gasteiger charge is -2.50. The van der Waals surface area contributed by atoms with Gasteiger partial charge >= 0.3 is 5.97 Å². The van der Waals surface area contributed by atoms with Crippen molar-refractivity contribution in [3.8, 4) is 22.6 Å². The summed E-state index contributed by atoms with van der Waals surface area (Å²) in [6, 6.07) is 9.89. The van der Waals surface area contributed by atoms with Gasteiger partial charge in [-0.3, -0.25) is 19.2 Å². The maximum Gasteiger partial charge on any atom is 0.311 e. The van der Waals surface area contributed by atoms with E-state index in [1.165, 1.54) is 6.07 Å². The number of phenols is 1. The summed E-state index contributed by atoms with van der Waals surface area (Å²) in [5.74, 6) is -7.88. The van der Waals surface area contributed by atoms with Gasteiger partial charge in [-0.15, -0.1) is 0 Å². The quantitative estimate of drug-likeness (QED) is 0.175. The average molecular weight is 604 g/mol. The minimum absolute atomic E-state index is 0.0131. The molecule has 3 aliphatic rings. The number of carbonyl (C=O) groups is 4. The first-order chi connectivity index (χ1) is 20.7. The molecule has 10 heteroatoms. The van der Waals surface area contributed by atoms with E-state index in [1.807, 2.05) is 13.8 Å². The number of hydrogen-bond donors (Lipinski definition) is 5. The molecule has 3 aliphatic carbocycles. The Morgan fingerprint density at radius 2 is 1.70 bits per heavy atom. The lowest BCUT2D eigenvalue weighted by molar-refractivity contribution is -0.155. The number of aliphatic hydroxyl groups excluding tert-OH is 2. The fourth-order valence-electron chi connectivity index (χ4n) is 7.06. The second-order valence-corrected chi connectivity index (χ2v) is 12.5. The number of amides is 1. The van der Waals surface area contributed by atoms with Crippen LogP contribution >= 0.6 is 0 Å². The number of Topliss-reactive ketones (excluding diaryl/α,β-unsaturated/α-hetero) is 2. The summed E-state index contributed by atoms with van der Waals surface area (Å²) in [6.45, 7) is 7.41. The maximum atomic E-state index is 14.0. The monoisotopic (exact) mass is 603 g/mol. The zero-order valence-corrected chi connectivity index (χ0v) is 25.1. The van der Waals surface area contributed by atoms with Crippen molar-refractivity contribution in [3.05, 3.63) is 64.4 Å². The fraction of sp³-hybridized carbons (Fsp3) is 0.412. The van der Waals surface area contributed by atoms with E-state index in [2.05, 4.69) is 0 Å². The molecule has 0 radical (unpaired) electrons. The molecule has 5 atom stereocenters. The number of fused-ring (bicyclic) bond motifs is 3. The molecule has 1 saturated carbocycles. The average Bonchev–Trinajstić information content (AvgIpc) is 2.95. The Labute approximate surface area is 254 Å². The van der Waals surface area contributed by atoms with E-state index in [1.54, 1.807) is 44.2 Å². The third-order valence-corrected chi connectivity index (χ3v) is 9.46. The van der Waals surface area contributed by atoms with Crippen LogP contribution in [0, 0.1) is 29.6 Å². The highest BCUT2D eigenvalue weighted by molar-refractivity contribution is 6.23. The number of phenolic OH excluding ortho intramolecular Hbond substituents is 1. The molecule has 0 heterocycles. The molecule has 2 aromatic rings. The van der Waals surface area contributed by atoms with Gasteiger partial charge in [0.2, 0.25) is 5.78 Å². The van der Waals surface area contributed by atoms with Crippen LogP contribution in [0.25, 0.3) is 16.9 Å². The second-order valence-electron chi connectivity index (χ2n) is 12.5. The van der Waals surface area contributed by atoms with Crippen molar-refractivity contribution >= 4 is 29.2 Å². The van der Waals surface area contributed by atoms with Crippen molar-refractivity contribution in [1.82, 2.24) is 0 Å². The highest BCUT2D eigenvalue weighted by atomic mass is 16.5. The number of ether oxygens (including phenoxy) is 1. The Hall–Kier alpha value is -4.44. The largest absolute Gasteiger partial charge is 0.508 e. The van der Waals surface area contributed by atoms with Crippen LogP contribution in [0.5, 0.6) is 11.5 Å². The van der Waals surface area contributed by atoms with Crippen molar-refractivity contribution in [2.45, 2.75) is 59.0 Å². The van der Waals surface area contributed by atoms with Crippen molar-refractivity contribution in [1.29, 1.82) is 0 Å². The molecule has 0 bridgehead atoms. The van der Waals surface area contributed by atoms with Crippen molar-refractivity contribution in [3.63, 3.8) is 0 Å². The predicted molar refractivity (Wildman–Crippen MR) is 160 cm³/mol. The maximum absolute atomic E-state index is 14.0. The van der Waals surface area contributed by atoms with Crippen LogP contribution in [-0.4, -0.2) is 49.5 Å². The lowest BCUT2D eigenvalue weighted by atomic mass is 9.54. The zero-order valence-electron chi connectivity index (χ0n) is 25.1. The molecule has 2 aromatic carbocycles. The number of aromatic hydroxyl groups is 1. The highest BCUT2D eigenvalue weighted by Gasteiger charge is 2.64. The van der Waals surface area contributed by atoms with Crippen LogP contribution in [0.2, 0.25) is 0 Å². The second kappa shape index (κ2) is 11.2. The van der Waals surface area contributed by atoms with Gasteiger partial charge in [0, 0.05) is 23.8 Å². The molecule has 6 N–H and O–H groups in total. The number of aliphatic hydroxyl groups is 3. The van der Waals surface area contributed by atoms with Gasteiger partial charge in [-0.05, 0) is 65.5 Å². The minimum atomic E-state index is -2.65. The van der Waals surface area contributed by atoms with E-state index in [-0.39, 0.29) is 41.6 Å². The smallest absolute Gasteiger partial charge is 0.311 e. The lowest BCUT2D eigenvalue weighted by Crippen LogP contribution is -2.62. The Morgan fingerprint density at radius 3 is 2.30 bits per heavy atom. The summed E-state index contributed by atoms with van der Waals surface area (Å²) in [5.41, 5.74) is 3.66. The van der Waals surface area contributed by atoms with Crippen LogP contribution in [-0.2, 0) is 25.6 Å². The van der Waals surface area contributed by atoms with E-state index in [9.17, 15) is 39.6 Å². The fourth-order valence-corrected chi connectivity index (χ4v) is 7.06. The standard InChI is InChI=1S/C34H37NO9/c1-5-16(4)12-24(37)44-19-8-6-17(7-9-19)20-10-11-23(36)27-21(20)13-18-14-22-25(15(2)3)29(38)28(33(35)42)32(41)34(22,43)31(40)26(18)30(27)39/h6-11,15-16,18,22,25,36,39,41,43H,5,12-14H2,1-4H3,(H2,35,42)/t16?,18-,22-,25-,34-/m0/s1. The molecule has 5 rings (SSSR count). The summed E-state index contributed by atoms with van der Waals surface area (Å²) in [6.07, 6.45) is 1.37. The first-order valence-corrected chi connectivity index (χ1v) is 14.9. The van der Waals surface area contributed by atoms with E-state index < -0.39 is 63.8 Å². The number of rotatable bonds is 7. The Balaban J connectivity index is 1.58. The van der Waals surface area contributed by atoms with Crippen LogP contribution in [0.1, 0.15) is 58.1 Å². The number of primary amides is 1. The number of esters is 1. The van der Waals surface area contributed by atoms with Gasteiger partial charge in [0.05, 0.1) is 5.56 Å². The third-order valence-electron chi connectivity index (χ3n) is 9.46. The molecule has 232 valence electrons. The van der Waals surface area contributed by atoms with E-state index in [0.717, 1.165) is 6.42 Å². The molecule has 44 heavy (non-hydrogen) atoms. The molecule has 0 saturated heterocycles. The predicted octanol–water partition coefficient (Wildman–Crippen LogP) is 4.31. The third kappa shape index (κ3) is 4.77. The van der Waals surface area contributed by atoms with Gasteiger partial charge in [0.1, 0.15) is 28.6 Å². The normalized spacial score (nSPS) is 25.4. The Kier molecular flexibility index (Phi) is 7.92. The van der Waals surface area contributed by atoms with E-state index in [0.29, 0.717) is 28.9 Å². The SMILES string of the molecule is CCC(C)CC(=O)Oc1ccc(-c2ccc(O)c3c2C[C@H]2C[C@H]4[C@H](C(C)C)C(=O)C(C(N)=O)=C(O)[C@@]4(O)C(=O)C2=C3O)cc1. The molecule has 1 fully saturated rings. The number of hydrogen-bond acceptors (Lipinski definition) is 9. The van der Waals surface area contributed by atoms with Crippen molar-refractivity contribution in [2.75, 3.05) is 0 Å². The minimum Gasteiger partial charge on any atom is -0.508 e. The van der Waals surface area contributed by atoms with E-state index in [4.69, 9.17) is 10.5 Å². The van der Waals surface area contributed by atoms with Gasteiger partial charge in [-0.1, -0.05) is 52.3 Å². The van der Waals surface area contributed by atoms with Crippen LogP contribution in [0.15, 0.2) is 53.3 Å². The molecule has 0 aliphatic heterocycles. The summed E-state index contributed by atoms with van der Waals surface area (Å²) in [4.78, 5) is 51.8. The number of benzene rings is 2. The summed E-state index contributed by atoms with van der Waals surface area (Å²) >= 11 is 0. The first-order valence-electron chi connectivity index (χ1n) is 14.9. The van der Waals surface area contributed by atoms with Crippen LogP contribution < -0.4 is 10.5 Å². The first kappa shape index (κ1) is 31.0. The molecule has 1 unspecified atom stereocenters. The molecule has 1 amide bonds. The zero-order chi connectivity index (χ0) is 32.2. The molecule has 0 spiro atoms. The molecule has 0 aromatic heterocycles. The van der Waals surface area contributed by atoms with Crippen LogP contribution in [0.3, 0.4) is 0 Å². The van der Waals surface area contributed by atoms with Gasteiger partial charge < -0.3 is 30.9 Å². The molecular weight excluding hydrogens is 566 g/mol. The Morgan fingerprint density at radius 1 is 1.05 bits per heavy atom. The molecule has 10 nitrogen and oxygen atoms in total. The van der Waals surface area contributed by atoms with Crippen LogP contribution in [0.4, 0.5) is 0 Å². The van der Waals surface area contributed by atoms with Gasteiger partial charge in [0.25, 0.3) is 5.91 Å². The number of ketones is 2. The van der Waals surface area contributed by atoms with E-state index >= 15 is 0 Å². The van der Waals surface area contributed by atoms with Crippen molar-refractivity contribution < 1.29 is 44.3 Å². The van der Waals surface area contributed by atoms with Gasteiger partial charge in [-0.25, -0.2) is 0 Å². The van der Waals surface area contributed by atoms with Gasteiger partial charge in [-0.2, -0.15) is 0 Å². The molecular formula is C34H37NO9. The number of nitrogens with two attached hydrogens (primary N) is 1.